The Hall–Kier alpha value is -1.79. The maximum atomic E-state index is 13.7. The summed E-state index contributed by atoms with van der Waals surface area (Å²) in [5.41, 5.74) is -1.14. The molecule has 1 aromatic rings. The fourth-order valence-corrected chi connectivity index (χ4v) is 1.53. The van der Waals surface area contributed by atoms with E-state index in [1.54, 1.807) is 6.92 Å². The molecule has 1 rings (SSSR count). The average Bonchev–Trinajstić information content (AvgIpc) is 2.34. The normalized spacial score (nSPS) is 11.3. The largest absolute Gasteiger partial charge is 0.468 e. The molecule has 0 unspecified atom stereocenters. The Bertz CT molecular complexity index is 460. The molecule has 0 atom stereocenters. The van der Waals surface area contributed by atoms with E-state index in [0.717, 1.165) is 12.1 Å². The average molecular weight is 279 g/mol. The maximum Gasteiger partial charge on any atom is 0.416 e. The maximum absolute atomic E-state index is 13.7. The summed E-state index contributed by atoms with van der Waals surface area (Å²) in [5.74, 6) is -1.62. The van der Waals surface area contributed by atoms with Gasteiger partial charge in [-0.25, -0.2) is 4.39 Å². The molecule has 0 amide bonds. The van der Waals surface area contributed by atoms with E-state index >= 15 is 0 Å². The Morgan fingerprint density at radius 3 is 2.42 bits per heavy atom. The van der Waals surface area contributed by atoms with E-state index < -0.39 is 23.5 Å². The summed E-state index contributed by atoms with van der Waals surface area (Å²) in [4.78, 5) is 12.4. The quantitative estimate of drug-likeness (QED) is 0.627. The fraction of sp³-hybridized carbons (Fsp3) is 0.417. The number of alkyl halides is 3. The van der Waals surface area contributed by atoms with E-state index in [0.29, 0.717) is 6.07 Å². The van der Waals surface area contributed by atoms with Gasteiger partial charge in [-0.3, -0.25) is 4.79 Å². The molecule has 0 bridgehead atoms. The van der Waals surface area contributed by atoms with E-state index in [2.05, 4.69) is 4.74 Å². The first-order valence-electron chi connectivity index (χ1n) is 5.48. The number of halogens is 4. The number of nitrogens with zero attached hydrogens (tertiary/aromatic N) is 1. The second kappa shape index (κ2) is 5.90. The SMILES string of the molecule is CCN(CC(=O)OC)c1ccc(C(F)(F)F)cc1F. The van der Waals surface area contributed by atoms with Crippen LogP contribution in [0.4, 0.5) is 23.2 Å². The van der Waals surface area contributed by atoms with E-state index in [9.17, 15) is 22.4 Å². The Morgan fingerprint density at radius 1 is 1.37 bits per heavy atom. The minimum atomic E-state index is -4.60. The van der Waals surface area contributed by atoms with Crippen LogP contribution in [0.25, 0.3) is 0 Å². The molecule has 0 aliphatic rings. The summed E-state index contributed by atoms with van der Waals surface area (Å²) in [5, 5.41) is 0. The van der Waals surface area contributed by atoms with Crippen LogP contribution in [0.3, 0.4) is 0 Å². The summed E-state index contributed by atoms with van der Waals surface area (Å²) in [6, 6.07) is 2.19. The topological polar surface area (TPSA) is 29.5 Å². The summed E-state index contributed by atoms with van der Waals surface area (Å²) in [7, 11) is 1.18. The predicted octanol–water partition coefficient (Wildman–Crippen LogP) is 2.84. The molecule has 0 N–H and O–H groups in total. The van der Waals surface area contributed by atoms with Crippen LogP contribution < -0.4 is 4.90 Å². The first kappa shape index (κ1) is 15.3. The van der Waals surface area contributed by atoms with E-state index in [4.69, 9.17) is 0 Å². The van der Waals surface area contributed by atoms with Gasteiger partial charge in [-0.15, -0.1) is 0 Å². The Balaban J connectivity index is 3.03. The lowest BCUT2D eigenvalue weighted by Gasteiger charge is -2.22. The number of esters is 1. The van der Waals surface area contributed by atoms with Crippen molar-refractivity contribution in [3.8, 4) is 0 Å². The molecule has 0 spiro atoms. The van der Waals surface area contributed by atoms with Crippen molar-refractivity contribution in [2.24, 2.45) is 0 Å². The van der Waals surface area contributed by atoms with Crippen LogP contribution in [0.2, 0.25) is 0 Å². The molecular weight excluding hydrogens is 266 g/mol. The monoisotopic (exact) mass is 279 g/mol. The lowest BCUT2D eigenvalue weighted by atomic mass is 10.1. The van der Waals surface area contributed by atoms with Crippen molar-refractivity contribution >= 4 is 11.7 Å². The van der Waals surface area contributed by atoms with Crippen LogP contribution in [0.5, 0.6) is 0 Å². The molecule has 0 fully saturated rings. The van der Waals surface area contributed by atoms with Crippen molar-refractivity contribution in [2.45, 2.75) is 13.1 Å². The van der Waals surface area contributed by atoms with Gasteiger partial charge in [-0.2, -0.15) is 13.2 Å². The fourth-order valence-electron chi connectivity index (χ4n) is 1.53. The predicted molar refractivity (Wildman–Crippen MR) is 61.3 cm³/mol. The minimum absolute atomic E-state index is 0.0686. The number of ether oxygens (including phenoxy) is 1. The van der Waals surface area contributed by atoms with Crippen molar-refractivity contribution in [3.05, 3.63) is 29.6 Å². The minimum Gasteiger partial charge on any atom is -0.468 e. The number of rotatable bonds is 4. The lowest BCUT2D eigenvalue weighted by molar-refractivity contribution is -0.139. The van der Waals surface area contributed by atoms with Gasteiger partial charge in [0.15, 0.2) is 0 Å². The Morgan fingerprint density at radius 2 is 2.00 bits per heavy atom. The van der Waals surface area contributed by atoms with Crippen LogP contribution in [-0.2, 0) is 15.7 Å². The van der Waals surface area contributed by atoms with E-state index in [1.165, 1.54) is 12.0 Å². The standard InChI is InChI=1S/C12H13F4NO2/c1-3-17(7-11(18)19-2)10-5-4-8(6-9(10)13)12(14,15)16/h4-6H,3,7H2,1-2H3. The molecule has 1 aromatic carbocycles. The smallest absolute Gasteiger partial charge is 0.416 e. The van der Waals surface area contributed by atoms with Crippen LogP contribution in [0.15, 0.2) is 18.2 Å². The van der Waals surface area contributed by atoms with Gasteiger partial charge in [0.05, 0.1) is 18.4 Å². The molecule has 0 aliphatic carbocycles. The van der Waals surface area contributed by atoms with Crippen LogP contribution >= 0.6 is 0 Å². The van der Waals surface area contributed by atoms with E-state index in [-0.39, 0.29) is 18.8 Å². The highest BCUT2D eigenvalue weighted by Gasteiger charge is 2.31. The number of carbonyl (C=O) groups is 1. The van der Waals surface area contributed by atoms with Gasteiger partial charge in [0.2, 0.25) is 0 Å². The molecule has 0 aliphatic heterocycles. The number of hydrogen-bond acceptors (Lipinski definition) is 3. The van der Waals surface area contributed by atoms with Gasteiger partial charge in [-0.05, 0) is 25.1 Å². The number of likely N-dealkylation sites (N-methyl/N-ethyl adjacent to an activating group) is 1. The van der Waals surface area contributed by atoms with Gasteiger partial charge in [0.25, 0.3) is 0 Å². The third-order valence-corrected chi connectivity index (χ3v) is 2.55. The van der Waals surface area contributed by atoms with Gasteiger partial charge in [-0.1, -0.05) is 0 Å². The Labute approximate surface area is 107 Å². The summed E-state index contributed by atoms with van der Waals surface area (Å²) in [6.45, 7) is 1.69. The molecule has 0 saturated heterocycles. The van der Waals surface area contributed by atoms with Crippen molar-refractivity contribution in [1.29, 1.82) is 0 Å². The lowest BCUT2D eigenvalue weighted by Crippen LogP contribution is -2.31. The zero-order valence-electron chi connectivity index (χ0n) is 10.4. The molecule has 3 nitrogen and oxygen atoms in total. The third kappa shape index (κ3) is 3.84. The molecule has 0 radical (unpaired) electrons. The number of anilines is 1. The Kier molecular flexibility index (Phi) is 4.74. The van der Waals surface area contributed by atoms with Gasteiger partial charge < -0.3 is 9.64 Å². The summed E-state index contributed by atoms with van der Waals surface area (Å²) >= 11 is 0. The van der Waals surface area contributed by atoms with Crippen molar-refractivity contribution < 1.29 is 27.1 Å². The number of benzene rings is 1. The van der Waals surface area contributed by atoms with Crippen molar-refractivity contribution in [2.75, 3.05) is 25.1 Å². The zero-order valence-corrected chi connectivity index (χ0v) is 10.4. The second-order valence-corrected chi connectivity index (χ2v) is 3.75. The molecule has 0 saturated carbocycles. The van der Waals surface area contributed by atoms with Crippen LogP contribution in [0.1, 0.15) is 12.5 Å². The van der Waals surface area contributed by atoms with Crippen LogP contribution in [-0.4, -0.2) is 26.2 Å². The van der Waals surface area contributed by atoms with E-state index in [1.807, 2.05) is 0 Å². The molecule has 0 aromatic heterocycles. The first-order valence-corrected chi connectivity index (χ1v) is 5.48. The molecular formula is C12H13F4NO2. The van der Waals surface area contributed by atoms with Gasteiger partial charge in [0, 0.05) is 6.54 Å². The highest BCUT2D eigenvalue weighted by atomic mass is 19.4. The summed E-state index contributed by atoms with van der Waals surface area (Å²) < 4.78 is 55.3. The molecule has 0 heterocycles. The number of methoxy groups -OCH3 is 1. The van der Waals surface area contributed by atoms with Crippen molar-refractivity contribution in [1.82, 2.24) is 0 Å². The summed E-state index contributed by atoms with van der Waals surface area (Å²) in [6.07, 6.45) is -4.60. The van der Waals surface area contributed by atoms with Gasteiger partial charge in [0.1, 0.15) is 12.4 Å². The van der Waals surface area contributed by atoms with Gasteiger partial charge >= 0.3 is 12.1 Å². The van der Waals surface area contributed by atoms with Crippen molar-refractivity contribution in [3.63, 3.8) is 0 Å². The highest BCUT2D eigenvalue weighted by Crippen LogP contribution is 2.32. The number of carbonyl (C=O) groups excluding carboxylic acids is 1. The van der Waals surface area contributed by atoms with Crippen LogP contribution in [0, 0.1) is 5.82 Å². The second-order valence-electron chi connectivity index (χ2n) is 3.75. The molecule has 7 heteroatoms. The zero-order chi connectivity index (χ0) is 14.6. The third-order valence-electron chi connectivity index (χ3n) is 2.55. The molecule has 19 heavy (non-hydrogen) atoms. The molecule has 106 valence electrons. The highest BCUT2D eigenvalue weighted by molar-refractivity contribution is 5.75. The number of hydrogen-bond donors (Lipinski definition) is 0. The first-order chi connectivity index (χ1) is 8.79.